The molecular weight excluding hydrogens is 256 g/mol. The number of nitrogens with zero attached hydrogens (tertiary/aromatic N) is 3. The molecule has 0 aliphatic rings. The van der Waals surface area contributed by atoms with Gasteiger partial charge in [0, 0.05) is 6.54 Å². The predicted molar refractivity (Wildman–Crippen MR) is 76.1 cm³/mol. The van der Waals surface area contributed by atoms with Gasteiger partial charge in [0.15, 0.2) is 0 Å². The van der Waals surface area contributed by atoms with Crippen LogP contribution in [0, 0.1) is 0 Å². The van der Waals surface area contributed by atoms with E-state index in [4.69, 9.17) is 9.47 Å². The number of hydrogen-bond donors (Lipinski definition) is 1. The Bertz CT molecular complexity index is 553. The van der Waals surface area contributed by atoms with E-state index in [1.807, 2.05) is 12.1 Å². The lowest BCUT2D eigenvalue weighted by Crippen LogP contribution is -2.08. The van der Waals surface area contributed by atoms with Gasteiger partial charge in [-0.15, -0.1) is 4.98 Å². The molecule has 0 radical (unpaired) electrons. The second kappa shape index (κ2) is 6.70. The van der Waals surface area contributed by atoms with Crippen LogP contribution >= 0.6 is 0 Å². The van der Waals surface area contributed by atoms with Gasteiger partial charge in [0.1, 0.15) is 0 Å². The highest BCUT2D eigenvalue weighted by Crippen LogP contribution is 2.14. The summed E-state index contributed by atoms with van der Waals surface area (Å²) in [7, 11) is 3.01. The van der Waals surface area contributed by atoms with E-state index >= 15 is 0 Å². The van der Waals surface area contributed by atoms with E-state index in [0.717, 1.165) is 6.42 Å². The molecular formula is C14H18N4O2. The van der Waals surface area contributed by atoms with Crippen LogP contribution in [0.1, 0.15) is 18.1 Å². The Kier molecular flexibility index (Phi) is 4.70. The van der Waals surface area contributed by atoms with Crippen LogP contribution in [0.15, 0.2) is 24.3 Å². The van der Waals surface area contributed by atoms with Crippen LogP contribution in [0.2, 0.25) is 0 Å². The van der Waals surface area contributed by atoms with Gasteiger partial charge in [0.05, 0.1) is 14.2 Å². The van der Waals surface area contributed by atoms with Gasteiger partial charge in [-0.3, -0.25) is 0 Å². The average molecular weight is 274 g/mol. The first-order chi connectivity index (χ1) is 9.76. The molecule has 1 aromatic carbocycles. The van der Waals surface area contributed by atoms with E-state index in [0.29, 0.717) is 12.5 Å². The second-order valence-corrected chi connectivity index (χ2v) is 4.11. The van der Waals surface area contributed by atoms with Gasteiger partial charge in [0.2, 0.25) is 5.95 Å². The van der Waals surface area contributed by atoms with Gasteiger partial charge in [0.25, 0.3) is 0 Å². The molecule has 0 aliphatic carbocycles. The molecule has 0 bridgehead atoms. The number of anilines is 1. The zero-order chi connectivity index (χ0) is 14.4. The molecule has 6 heteroatoms. The van der Waals surface area contributed by atoms with Crippen LogP contribution in [0.4, 0.5) is 5.95 Å². The topological polar surface area (TPSA) is 69.2 Å². The summed E-state index contributed by atoms with van der Waals surface area (Å²) < 4.78 is 10.0. The van der Waals surface area contributed by atoms with Gasteiger partial charge in [-0.25, -0.2) is 0 Å². The van der Waals surface area contributed by atoms with Crippen LogP contribution in [0.3, 0.4) is 0 Å². The number of ether oxygens (including phenoxy) is 2. The Morgan fingerprint density at radius 1 is 0.950 bits per heavy atom. The third kappa shape index (κ3) is 3.34. The fraction of sp³-hybridized carbons (Fsp3) is 0.357. The molecule has 0 atom stereocenters. The Hall–Kier alpha value is -2.37. The van der Waals surface area contributed by atoms with Crippen LogP contribution in [0.5, 0.6) is 12.0 Å². The van der Waals surface area contributed by atoms with Crippen LogP contribution in [0.25, 0.3) is 0 Å². The van der Waals surface area contributed by atoms with E-state index in [-0.39, 0.29) is 12.0 Å². The summed E-state index contributed by atoms with van der Waals surface area (Å²) in [5.74, 6) is 0.430. The average Bonchev–Trinajstić information content (AvgIpc) is 2.52. The van der Waals surface area contributed by atoms with E-state index in [1.165, 1.54) is 25.3 Å². The molecule has 0 aliphatic heterocycles. The number of aromatic nitrogens is 3. The van der Waals surface area contributed by atoms with Crippen molar-refractivity contribution in [1.29, 1.82) is 0 Å². The standard InChI is InChI=1S/C14H18N4O2/c1-4-10-7-5-6-8-11(10)9-15-12-16-13(19-2)18-14(17-12)20-3/h5-8H,4,9H2,1-3H3,(H,15,16,17,18). The maximum Gasteiger partial charge on any atom is 0.324 e. The molecule has 2 aromatic rings. The number of rotatable bonds is 6. The van der Waals surface area contributed by atoms with Gasteiger partial charge in [-0.05, 0) is 17.5 Å². The first-order valence-corrected chi connectivity index (χ1v) is 6.41. The van der Waals surface area contributed by atoms with Crippen LogP contribution in [-0.2, 0) is 13.0 Å². The van der Waals surface area contributed by atoms with Gasteiger partial charge in [-0.1, -0.05) is 31.2 Å². The molecule has 2 rings (SSSR count). The first-order valence-electron chi connectivity index (χ1n) is 6.41. The van der Waals surface area contributed by atoms with Crippen molar-refractivity contribution in [2.24, 2.45) is 0 Å². The van der Waals surface area contributed by atoms with Crippen molar-refractivity contribution < 1.29 is 9.47 Å². The largest absolute Gasteiger partial charge is 0.467 e. The molecule has 0 spiro atoms. The lowest BCUT2D eigenvalue weighted by Gasteiger charge is -2.10. The summed E-state index contributed by atoms with van der Waals surface area (Å²) in [6.45, 7) is 2.77. The number of methoxy groups -OCH3 is 2. The molecule has 6 nitrogen and oxygen atoms in total. The summed E-state index contributed by atoms with van der Waals surface area (Å²) in [6, 6.07) is 8.71. The molecule has 0 saturated carbocycles. The van der Waals surface area contributed by atoms with E-state index in [9.17, 15) is 0 Å². The van der Waals surface area contributed by atoms with Gasteiger partial charge >= 0.3 is 12.0 Å². The molecule has 0 unspecified atom stereocenters. The van der Waals surface area contributed by atoms with Crippen molar-refractivity contribution in [3.8, 4) is 12.0 Å². The molecule has 0 saturated heterocycles. The predicted octanol–water partition coefficient (Wildman–Crippen LogP) is 2.06. The third-order valence-corrected chi connectivity index (χ3v) is 2.90. The van der Waals surface area contributed by atoms with E-state index in [1.54, 1.807) is 0 Å². The fourth-order valence-electron chi connectivity index (χ4n) is 1.85. The van der Waals surface area contributed by atoms with Crippen molar-refractivity contribution in [2.75, 3.05) is 19.5 Å². The quantitative estimate of drug-likeness (QED) is 0.869. The first kappa shape index (κ1) is 14.0. The highest BCUT2D eigenvalue weighted by molar-refractivity contribution is 5.33. The minimum absolute atomic E-state index is 0.225. The normalized spacial score (nSPS) is 10.2. The fourth-order valence-corrected chi connectivity index (χ4v) is 1.85. The highest BCUT2D eigenvalue weighted by atomic mass is 16.5. The zero-order valence-corrected chi connectivity index (χ0v) is 11.9. The number of benzene rings is 1. The second-order valence-electron chi connectivity index (χ2n) is 4.11. The maximum absolute atomic E-state index is 5.01. The maximum atomic E-state index is 5.01. The lowest BCUT2D eigenvalue weighted by molar-refractivity contribution is 0.341. The summed E-state index contributed by atoms with van der Waals surface area (Å²) in [4.78, 5) is 12.2. The highest BCUT2D eigenvalue weighted by Gasteiger charge is 2.07. The van der Waals surface area contributed by atoms with Crippen molar-refractivity contribution >= 4 is 5.95 Å². The smallest absolute Gasteiger partial charge is 0.324 e. The number of nitrogens with one attached hydrogen (secondary N) is 1. The van der Waals surface area contributed by atoms with Gasteiger partial charge < -0.3 is 14.8 Å². The molecule has 106 valence electrons. The summed E-state index contributed by atoms with van der Waals surface area (Å²) in [6.07, 6.45) is 0.988. The SMILES string of the molecule is CCc1ccccc1CNc1nc(OC)nc(OC)n1. The van der Waals surface area contributed by atoms with Crippen molar-refractivity contribution in [3.63, 3.8) is 0 Å². The zero-order valence-electron chi connectivity index (χ0n) is 11.9. The third-order valence-electron chi connectivity index (χ3n) is 2.90. The van der Waals surface area contributed by atoms with Crippen molar-refractivity contribution in [1.82, 2.24) is 15.0 Å². The Morgan fingerprint density at radius 2 is 1.55 bits per heavy atom. The van der Waals surface area contributed by atoms with Crippen LogP contribution in [-0.4, -0.2) is 29.2 Å². The van der Waals surface area contributed by atoms with E-state index < -0.39 is 0 Å². The Labute approximate surface area is 118 Å². The molecule has 0 amide bonds. The number of aryl methyl sites for hydroxylation is 1. The number of hydrogen-bond acceptors (Lipinski definition) is 6. The van der Waals surface area contributed by atoms with Crippen LogP contribution < -0.4 is 14.8 Å². The van der Waals surface area contributed by atoms with Gasteiger partial charge in [-0.2, -0.15) is 9.97 Å². The van der Waals surface area contributed by atoms with Crippen molar-refractivity contribution in [3.05, 3.63) is 35.4 Å². The molecule has 1 aromatic heterocycles. The Balaban J connectivity index is 2.14. The molecule has 0 fully saturated rings. The minimum atomic E-state index is 0.225. The monoisotopic (exact) mass is 274 g/mol. The molecule has 20 heavy (non-hydrogen) atoms. The molecule has 1 heterocycles. The summed E-state index contributed by atoms with van der Waals surface area (Å²) >= 11 is 0. The Morgan fingerprint density at radius 3 is 2.10 bits per heavy atom. The minimum Gasteiger partial charge on any atom is -0.467 e. The van der Waals surface area contributed by atoms with E-state index in [2.05, 4.69) is 39.3 Å². The summed E-state index contributed by atoms with van der Waals surface area (Å²) in [5, 5.41) is 3.16. The molecule has 1 N–H and O–H groups in total. The summed E-state index contributed by atoms with van der Waals surface area (Å²) in [5.41, 5.74) is 2.52. The lowest BCUT2D eigenvalue weighted by atomic mass is 10.1. The van der Waals surface area contributed by atoms with Crippen molar-refractivity contribution in [2.45, 2.75) is 19.9 Å².